The molecule has 0 spiro atoms. The van der Waals surface area contributed by atoms with E-state index in [-0.39, 0.29) is 17.3 Å². The first kappa shape index (κ1) is 11.7. The van der Waals surface area contributed by atoms with Crippen molar-refractivity contribution in [1.29, 1.82) is 0 Å². The van der Waals surface area contributed by atoms with Crippen LogP contribution in [-0.2, 0) is 10.1 Å². The summed E-state index contributed by atoms with van der Waals surface area (Å²) >= 11 is 1.17. The van der Waals surface area contributed by atoms with Crippen LogP contribution in [0.5, 0.6) is 0 Å². The molecule has 4 nitrogen and oxygen atoms in total. The number of thioether (sulfide) groups is 1. The fourth-order valence-corrected chi connectivity index (χ4v) is 2.02. The van der Waals surface area contributed by atoms with Crippen molar-refractivity contribution in [2.45, 2.75) is 6.92 Å². The highest BCUT2D eigenvalue weighted by Crippen LogP contribution is 2.07. The molecule has 0 heterocycles. The molecule has 0 saturated carbocycles. The summed E-state index contributed by atoms with van der Waals surface area (Å²) in [6.07, 6.45) is 1.34. The third kappa shape index (κ3) is 9.67. The van der Waals surface area contributed by atoms with Gasteiger partial charge in [-0.15, -0.1) is 6.92 Å². The van der Waals surface area contributed by atoms with Crippen LogP contribution in [0.3, 0.4) is 0 Å². The Labute approximate surface area is 76.4 Å². The van der Waals surface area contributed by atoms with Gasteiger partial charge in [-0.3, -0.25) is 4.55 Å². The van der Waals surface area contributed by atoms with Gasteiger partial charge in [-0.2, -0.15) is 14.2 Å². The fourth-order valence-electron chi connectivity index (χ4n) is 0.365. The first-order valence-electron chi connectivity index (χ1n) is 3.16. The van der Waals surface area contributed by atoms with Crippen molar-refractivity contribution >= 4 is 21.9 Å². The Bertz CT molecular complexity index is 238. The van der Waals surface area contributed by atoms with E-state index in [1.54, 1.807) is 0 Å². The monoisotopic (exact) mass is 210 g/mol. The zero-order valence-electron chi connectivity index (χ0n) is 6.56. The van der Waals surface area contributed by atoms with Crippen molar-refractivity contribution in [1.82, 2.24) is 0 Å². The van der Waals surface area contributed by atoms with Crippen molar-refractivity contribution in [2.24, 2.45) is 0 Å². The molecule has 0 atom stereocenters. The Morgan fingerprint density at radius 3 is 2.75 bits per heavy atom. The Hall–Kier alpha value is -0.330. The average molecular weight is 210 g/mol. The zero-order chi connectivity index (χ0) is 9.61. The molecule has 0 rings (SSSR count). The topological polar surface area (TPSA) is 77.4 Å². The average Bonchev–Trinajstić information content (AvgIpc) is 1.83. The molecule has 0 aliphatic carbocycles. The Morgan fingerprint density at radius 2 is 2.33 bits per heavy atom. The second-order valence-electron chi connectivity index (χ2n) is 2.07. The lowest BCUT2D eigenvalue weighted by atomic mass is 10.5. The van der Waals surface area contributed by atoms with Crippen molar-refractivity contribution in [3.63, 3.8) is 0 Å². The van der Waals surface area contributed by atoms with Crippen molar-refractivity contribution < 1.29 is 18.1 Å². The van der Waals surface area contributed by atoms with Gasteiger partial charge in [0.15, 0.2) is 0 Å². The number of rotatable bonds is 5. The molecular weight excluding hydrogens is 200 g/mol. The van der Waals surface area contributed by atoms with Gasteiger partial charge < -0.3 is 10.9 Å². The molecule has 0 aromatic rings. The van der Waals surface area contributed by atoms with Gasteiger partial charge in [-0.05, 0) is 5.75 Å². The van der Waals surface area contributed by atoms with E-state index >= 15 is 0 Å². The lowest BCUT2D eigenvalue weighted by Crippen LogP contribution is -2.05. The highest BCUT2D eigenvalue weighted by Gasteiger charge is 2.00. The molecule has 72 valence electrons. The molecule has 0 aromatic heterocycles. The molecule has 1 N–H and O–H groups in total. The van der Waals surface area contributed by atoms with Crippen molar-refractivity contribution in [2.75, 3.05) is 11.5 Å². The maximum Gasteiger partial charge on any atom is 0.265 e. The minimum Gasteiger partial charge on any atom is -0.957 e. The minimum absolute atomic E-state index is 0.0886. The predicted octanol–water partition coefficient (Wildman–Crippen LogP) is 0.0333. The molecule has 12 heavy (non-hydrogen) atoms. The Balaban J connectivity index is 3.41. The molecule has 6 heteroatoms. The van der Waals surface area contributed by atoms with Crippen LogP contribution in [-0.4, -0.2) is 24.5 Å². The highest BCUT2D eigenvalue weighted by atomic mass is 32.2. The molecule has 0 radical (unpaired) electrons. The van der Waals surface area contributed by atoms with Crippen LogP contribution in [0.25, 0.3) is 0 Å². The summed E-state index contributed by atoms with van der Waals surface area (Å²) in [5.74, 6) is 1.38. The molecule has 0 fully saturated rings. The molecule has 0 unspecified atom stereocenters. The second-order valence-corrected chi connectivity index (χ2v) is 4.66. The van der Waals surface area contributed by atoms with Crippen LogP contribution in [0.4, 0.5) is 0 Å². The van der Waals surface area contributed by atoms with Crippen molar-refractivity contribution in [3.05, 3.63) is 17.6 Å². The summed E-state index contributed by atoms with van der Waals surface area (Å²) in [6.45, 7) is 1.40. The van der Waals surface area contributed by atoms with E-state index in [0.717, 1.165) is 0 Å². The van der Waals surface area contributed by atoms with Gasteiger partial charge in [0.1, 0.15) is 0 Å². The molecule has 0 aliphatic heterocycles. The maximum atomic E-state index is 10.3. The van der Waals surface area contributed by atoms with Crippen LogP contribution < -0.4 is 5.11 Å². The summed E-state index contributed by atoms with van der Waals surface area (Å²) in [6, 6.07) is 0. The molecule has 0 amide bonds. The van der Waals surface area contributed by atoms with E-state index in [0.29, 0.717) is 0 Å². The lowest BCUT2D eigenvalue weighted by molar-refractivity contribution is -0.301. The molecule has 0 aromatic carbocycles. The van der Waals surface area contributed by atoms with Crippen LogP contribution in [0.2, 0.25) is 0 Å². The normalized spacial score (nSPS) is 13.0. The number of allylic oxidation sites excluding steroid dienone is 1. The van der Waals surface area contributed by atoms with Gasteiger partial charge in [-0.25, -0.2) is 17.8 Å². The highest BCUT2D eigenvalue weighted by molar-refractivity contribution is 8.02. The summed E-state index contributed by atoms with van der Waals surface area (Å²) in [4.78, 5) is 0. The third-order valence-electron chi connectivity index (χ3n) is 0.858. The fraction of sp³-hybridized carbons (Fsp3) is 0.500. The molecule has 0 bridgehead atoms. The number of hydrogen-bond acceptors (Lipinski definition) is 4. The summed E-state index contributed by atoms with van der Waals surface area (Å²) in [7, 11) is -3.86. The Morgan fingerprint density at radius 1 is 1.75 bits per heavy atom. The van der Waals surface area contributed by atoms with Gasteiger partial charge in [-0.1, -0.05) is 0 Å². The third-order valence-corrected chi connectivity index (χ3v) is 2.60. The van der Waals surface area contributed by atoms with Crippen LogP contribution in [0.15, 0.2) is 11.8 Å². The van der Waals surface area contributed by atoms with E-state index in [1.165, 1.54) is 30.5 Å². The molecule has 0 aliphatic rings. The SMILES string of the molecule is CC([O-])=C[CH-]SCCS(=O)(=O)O. The summed E-state index contributed by atoms with van der Waals surface area (Å²) in [5, 5.41) is 10.3. The largest absolute Gasteiger partial charge is 0.957 e. The van der Waals surface area contributed by atoms with Crippen LogP contribution in [0, 0.1) is 5.75 Å². The van der Waals surface area contributed by atoms with E-state index in [2.05, 4.69) is 0 Å². The van der Waals surface area contributed by atoms with E-state index in [9.17, 15) is 13.5 Å². The zero-order valence-corrected chi connectivity index (χ0v) is 8.19. The van der Waals surface area contributed by atoms with Crippen LogP contribution >= 0.6 is 11.8 Å². The van der Waals surface area contributed by atoms with E-state index < -0.39 is 10.1 Å². The first-order chi connectivity index (χ1) is 5.42. The van der Waals surface area contributed by atoms with Gasteiger partial charge in [0.2, 0.25) is 0 Å². The van der Waals surface area contributed by atoms with Gasteiger partial charge in [0.05, 0.1) is 5.75 Å². The number of hydrogen-bond donors (Lipinski definition) is 1. The van der Waals surface area contributed by atoms with E-state index in [4.69, 9.17) is 4.55 Å². The van der Waals surface area contributed by atoms with Gasteiger partial charge >= 0.3 is 0 Å². The molecule has 0 saturated heterocycles. The smallest absolute Gasteiger partial charge is 0.265 e. The van der Waals surface area contributed by atoms with Gasteiger partial charge in [0.25, 0.3) is 10.1 Å². The maximum absolute atomic E-state index is 10.3. The predicted molar refractivity (Wildman–Crippen MR) is 46.9 cm³/mol. The second kappa shape index (κ2) is 5.34. The van der Waals surface area contributed by atoms with E-state index in [1.807, 2.05) is 0 Å². The molecular formula is C6H10O4S2-2. The lowest BCUT2D eigenvalue weighted by Gasteiger charge is -2.14. The summed E-state index contributed by atoms with van der Waals surface area (Å²) in [5.41, 5.74) is 0. The summed E-state index contributed by atoms with van der Waals surface area (Å²) < 4.78 is 28.7. The minimum atomic E-state index is -3.86. The Kier molecular flexibility index (Phi) is 5.19. The first-order valence-corrected chi connectivity index (χ1v) is 5.81. The standard InChI is InChI=1S/C6H11O4S2/c1-6(7)2-3-11-4-5-12(8,9)10/h2-3,7H,4-5H2,1H3,(H,8,9,10)/q-1/p-1. The van der Waals surface area contributed by atoms with Crippen molar-refractivity contribution in [3.8, 4) is 0 Å². The van der Waals surface area contributed by atoms with Gasteiger partial charge in [0, 0.05) is 0 Å². The quantitative estimate of drug-likeness (QED) is 0.300. The van der Waals surface area contributed by atoms with Crippen LogP contribution in [0.1, 0.15) is 6.92 Å².